The number of carboxylic acid groups (broad SMARTS) is 1. The molecule has 146 valence electrons. The zero-order valence-electron chi connectivity index (χ0n) is 15.9. The molecule has 0 aliphatic rings. The molecular formula is C19H36N2O4. The Morgan fingerprint density at radius 2 is 1.48 bits per heavy atom. The fourth-order valence-corrected chi connectivity index (χ4v) is 2.71. The molecule has 0 aromatic carbocycles. The van der Waals surface area contributed by atoms with Crippen LogP contribution in [0.5, 0.6) is 0 Å². The van der Waals surface area contributed by atoms with Gasteiger partial charge in [-0.05, 0) is 25.7 Å². The van der Waals surface area contributed by atoms with Gasteiger partial charge in [-0.2, -0.15) is 0 Å². The second kappa shape index (κ2) is 15.9. The molecule has 0 fully saturated rings. The van der Waals surface area contributed by atoms with Crippen molar-refractivity contribution in [1.29, 1.82) is 0 Å². The van der Waals surface area contributed by atoms with Crippen molar-refractivity contribution in [1.82, 2.24) is 10.6 Å². The molecule has 0 aliphatic carbocycles. The number of unbranched alkanes of at least 4 members (excludes halogenated alkanes) is 8. The minimum absolute atomic E-state index is 0.0719. The summed E-state index contributed by atoms with van der Waals surface area (Å²) in [6.07, 6.45) is 12.0. The summed E-state index contributed by atoms with van der Waals surface area (Å²) >= 11 is 0. The molecule has 6 heteroatoms. The Morgan fingerprint density at radius 1 is 0.880 bits per heavy atom. The second-order valence-electron chi connectivity index (χ2n) is 6.66. The fraction of sp³-hybridized carbons (Fsp3) is 0.842. The van der Waals surface area contributed by atoms with Crippen LogP contribution < -0.4 is 10.6 Å². The van der Waals surface area contributed by atoms with Crippen LogP contribution in [0.25, 0.3) is 0 Å². The van der Waals surface area contributed by atoms with Crippen LogP contribution >= 0.6 is 0 Å². The number of aliphatic carboxylic acids is 1. The van der Waals surface area contributed by atoms with E-state index in [9.17, 15) is 14.4 Å². The number of amides is 2. The third kappa shape index (κ3) is 15.7. The van der Waals surface area contributed by atoms with E-state index >= 15 is 0 Å². The van der Waals surface area contributed by atoms with E-state index in [1.165, 1.54) is 45.4 Å². The highest BCUT2D eigenvalue weighted by Crippen LogP contribution is 2.09. The average Bonchev–Trinajstić information content (AvgIpc) is 2.55. The maximum Gasteiger partial charge on any atom is 0.326 e. The van der Waals surface area contributed by atoms with Crippen molar-refractivity contribution in [2.45, 2.75) is 96.9 Å². The third-order valence-electron chi connectivity index (χ3n) is 4.17. The average molecular weight is 357 g/mol. The summed E-state index contributed by atoms with van der Waals surface area (Å²) in [5, 5.41) is 14.3. The Hall–Kier alpha value is -1.59. The molecule has 1 atom stereocenters. The topological polar surface area (TPSA) is 95.5 Å². The molecule has 0 saturated heterocycles. The summed E-state index contributed by atoms with van der Waals surface area (Å²) < 4.78 is 0. The van der Waals surface area contributed by atoms with Gasteiger partial charge >= 0.3 is 5.97 Å². The maximum atomic E-state index is 11.7. The lowest BCUT2D eigenvalue weighted by atomic mass is 10.1. The van der Waals surface area contributed by atoms with Gasteiger partial charge in [-0.15, -0.1) is 0 Å². The molecule has 0 aromatic heterocycles. The molecule has 0 saturated carbocycles. The highest BCUT2D eigenvalue weighted by atomic mass is 16.4. The maximum absolute atomic E-state index is 11.7. The SMILES string of the molecule is CCCCCCCCCCC(=O)NCCCCC(NC(C)=O)C(=O)O. The summed E-state index contributed by atoms with van der Waals surface area (Å²) in [5.74, 6) is -1.29. The lowest BCUT2D eigenvalue weighted by Gasteiger charge is -2.13. The smallest absolute Gasteiger partial charge is 0.326 e. The number of carbonyl (C=O) groups excluding carboxylic acids is 2. The third-order valence-corrected chi connectivity index (χ3v) is 4.17. The van der Waals surface area contributed by atoms with E-state index in [1.807, 2.05) is 0 Å². The van der Waals surface area contributed by atoms with Crippen LogP contribution in [0.4, 0.5) is 0 Å². The Balaban J connectivity index is 3.51. The van der Waals surface area contributed by atoms with E-state index in [-0.39, 0.29) is 11.8 Å². The van der Waals surface area contributed by atoms with Crippen molar-refractivity contribution in [3.8, 4) is 0 Å². The van der Waals surface area contributed by atoms with Gasteiger partial charge in [0.15, 0.2) is 0 Å². The van der Waals surface area contributed by atoms with Gasteiger partial charge in [0.05, 0.1) is 0 Å². The monoisotopic (exact) mass is 356 g/mol. The predicted molar refractivity (Wildman–Crippen MR) is 99.3 cm³/mol. The first kappa shape index (κ1) is 23.4. The summed E-state index contributed by atoms with van der Waals surface area (Å²) in [6, 6.07) is -0.842. The van der Waals surface area contributed by atoms with Crippen molar-refractivity contribution in [2.75, 3.05) is 6.54 Å². The van der Waals surface area contributed by atoms with E-state index in [1.54, 1.807) is 0 Å². The van der Waals surface area contributed by atoms with Gasteiger partial charge in [0.2, 0.25) is 11.8 Å². The summed E-state index contributed by atoms with van der Waals surface area (Å²) in [5.41, 5.74) is 0. The van der Waals surface area contributed by atoms with Gasteiger partial charge in [0.1, 0.15) is 6.04 Å². The van der Waals surface area contributed by atoms with E-state index in [2.05, 4.69) is 17.6 Å². The number of carboxylic acids is 1. The predicted octanol–water partition coefficient (Wildman–Crippen LogP) is 3.39. The zero-order valence-corrected chi connectivity index (χ0v) is 15.9. The highest BCUT2D eigenvalue weighted by Gasteiger charge is 2.17. The molecule has 6 nitrogen and oxygen atoms in total. The Morgan fingerprint density at radius 3 is 2.04 bits per heavy atom. The number of hydrogen-bond donors (Lipinski definition) is 3. The quantitative estimate of drug-likeness (QED) is 0.369. The number of nitrogens with one attached hydrogen (secondary N) is 2. The highest BCUT2D eigenvalue weighted by molar-refractivity contribution is 5.82. The fourth-order valence-electron chi connectivity index (χ4n) is 2.71. The first-order chi connectivity index (χ1) is 12.0. The van der Waals surface area contributed by atoms with E-state index in [0.29, 0.717) is 32.2 Å². The van der Waals surface area contributed by atoms with Gasteiger partial charge in [-0.1, -0.05) is 51.9 Å². The standard InChI is InChI=1S/C19H36N2O4/c1-3-4-5-6-7-8-9-10-14-18(23)20-15-12-11-13-17(19(24)25)21-16(2)22/h17H,3-15H2,1-2H3,(H,20,23)(H,21,22)(H,24,25). The van der Waals surface area contributed by atoms with Crippen LogP contribution in [0.15, 0.2) is 0 Å². The van der Waals surface area contributed by atoms with Crippen LogP contribution in [0, 0.1) is 0 Å². The van der Waals surface area contributed by atoms with Gasteiger partial charge in [-0.25, -0.2) is 4.79 Å². The molecule has 0 aromatic rings. The van der Waals surface area contributed by atoms with Gasteiger partial charge in [0, 0.05) is 19.9 Å². The molecule has 0 spiro atoms. The summed E-state index contributed by atoms with van der Waals surface area (Å²) in [4.78, 5) is 33.6. The van der Waals surface area contributed by atoms with Crippen LogP contribution in [-0.4, -0.2) is 35.5 Å². The van der Waals surface area contributed by atoms with E-state index in [4.69, 9.17) is 5.11 Å². The number of hydrogen-bond acceptors (Lipinski definition) is 3. The van der Waals surface area contributed by atoms with Crippen molar-refractivity contribution >= 4 is 17.8 Å². The van der Waals surface area contributed by atoms with Crippen LogP contribution in [0.1, 0.15) is 90.9 Å². The lowest BCUT2D eigenvalue weighted by Crippen LogP contribution is -2.39. The van der Waals surface area contributed by atoms with Gasteiger partial charge in [0.25, 0.3) is 0 Å². The summed E-state index contributed by atoms with van der Waals surface area (Å²) in [6.45, 7) is 4.08. The molecule has 0 rings (SSSR count). The first-order valence-electron chi connectivity index (χ1n) is 9.74. The normalized spacial score (nSPS) is 11.8. The van der Waals surface area contributed by atoms with Crippen LogP contribution in [-0.2, 0) is 14.4 Å². The molecule has 25 heavy (non-hydrogen) atoms. The largest absolute Gasteiger partial charge is 0.480 e. The van der Waals surface area contributed by atoms with E-state index < -0.39 is 12.0 Å². The molecule has 0 heterocycles. The molecule has 0 bridgehead atoms. The van der Waals surface area contributed by atoms with Crippen LogP contribution in [0.3, 0.4) is 0 Å². The number of rotatable bonds is 16. The van der Waals surface area contributed by atoms with Crippen molar-refractivity contribution < 1.29 is 19.5 Å². The second-order valence-corrected chi connectivity index (χ2v) is 6.66. The first-order valence-corrected chi connectivity index (χ1v) is 9.74. The van der Waals surface area contributed by atoms with Crippen molar-refractivity contribution in [2.24, 2.45) is 0 Å². The van der Waals surface area contributed by atoms with Crippen molar-refractivity contribution in [3.63, 3.8) is 0 Å². The lowest BCUT2D eigenvalue weighted by molar-refractivity contribution is -0.141. The zero-order chi connectivity index (χ0) is 18.9. The Labute approximate surface area is 152 Å². The van der Waals surface area contributed by atoms with Gasteiger partial charge < -0.3 is 15.7 Å². The van der Waals surface area contributed by atoms with E-state index in [0.717, 1.165) is 12.8 Å². The molecular weight excluding hydrogens is 320 g/mol. The molecule has 0 radical (unpaired) electrons. The number of carbonyl (C=O) groups is 3. The Bertz CT molecular complexity index is 386. The molecule has 1 unspecified atom stereocenters. The minimum atomic E-state index is -1.02. The molecule has 3 N–H and O–H groups in total. The molecule has 0 aliphatic heterocycles. The molecule has 2 amide bonds. The van der Waals surface area contributed by atoms with Crippen molar-refractivity contribution in [3.05, 3.63) is 0 Å². The Kier molecular flexibility index (Phi) is 14.9. The van der Waals surface area contributed by atoms with Gasteiger partial charge in [-0.3, -0.25) is 9.59 Å². The minimum Gasteiger partial charge on any atom is -0.480 e. The van der Waals surface area contributed by atoms with Crippen LogP contribution in [0.2, 0.25) is 0 Å². The summed E-state index contributed by atoms with van der Waals surface area (Å²) in [7, 11) is 0.